The number of nitrogens with two attached hydrogens (primary N) is 1. The summed E-state index contributed by atoms with van der Waals surface area (Å²) in [6.45, 7) is 0.558. The Morgan fingerprint density at radius 3 is 2.54 bits per heavy atom. The molecule has 0 saturated heterocycles. The SMILES string of the molecule is NCCCc1ccc(Cl)c(O)c1O. The lowest BCUT2D eigenvalue weighted by Gasteiger charge is -2.06. The first-order valence-corrected chi connectivity index (χ1v) is 4.44. The van der Waals surface area contributed by atoms with Crippen LogP contribution in [0.15, 0.2) is 12.1 Å². The molecule has 0 fully saturated rings. The van der Waals surface area contributed by atoms with Gasteiger partial charge in [0.15, 0.2) is 11.5 Å². The Kier molecular flexibility index (Phi) is 3.39. The van der Waals surface area contributed by atoms with Gasteiger partial charge >= 0.3 is 0 Å². The molecule has 1 rings (SSSR count). The van der Waals surface area contributed by atoms with Crippen molar-refractivity contribution in [1.82, 2.24) is 0 Å². The Bertz CT molecular complexity index is 302. The van der Waals surface area contributed by atoms with Gasteiger partial charge in [-0.3, -0.25) is 0 Å². The van der Waals surface area contributed by atoms with Gasteiger partial charge < -0.3 is 15.9 Å². The first-order valence-electron chi connectivity index (χ1n) is 4.06. The van der Waals surface area contributed by atoms with Gasteiger partial charge in [-0.2, -0.15) is 0 Å². The van der Waals surface area contributed by atoms with Gasteiger partial charge in [-0.25, -0.2) is 0 Å². The average Bonchev–Trinajstić information content (AvgIpc) is 2.13. The molecular weight excluding hydrogens is 190 g/mol. The minimum atomic E-state index is -0.254. The molecular formula is C9H12ClNO2. The molecule has 0 atom stereocenters. The number of halogens is 1. The van der Waals surface area contributed by atoms with E-state index in [0.29, 0.717) is 18.5 Å². The quantitative estimate of drug-likeness (QED) is 0.652. The maximum Gasteiger partial charge on any atom is 0.176 e. The lowest BCUT2D eigenvalue weighted by Crippen LogP contribution is -2.00. The van der Waals surface area contributed by atoms with Crippen LogP contribution in [0.3, 0.4) is 0 Å². The van der Waals surface area contributed by atoms with Crippen molar-refractivity contribution in [2.45, 2.75) is 12.8 Å². The van der Waals surface area contributed by atoms with Crippen LogP contribution >= 0.6 is 11.6 Å². The third kappa shape index (κ3) is 2.26. The average molecular weight is 202 g/mol. The van der Waals surface area contributed by atoms with Gasteiger partial charge in [0, 0.05) is 0 Å². The normalized spacial score (nSPS) is 10.3. The lowest BCUT2D eigenvalue weighted by molar-refractivity contribution is 0.399. The van der Waals surface area contributed by atoms with E-state index in [9.17, 15) is 10.2 Å². The van der Waals surface area contributed by atoms with Crippen LogP contribution in [0.4, 0.5) is 0 Å². The number of rotatable bonds is 3. The molecule has 3 nitrogen and oxygen atoms in total. The maximum atomic E-state index is 9.43. The molecule has 1 aromatic carbocycles. The van der Waals surface area contributed by atoms with Crippen LogP contribution < -0.4 is 5.73 Å². The highest BCUT2D eigenvalue weighted by Gasteiger charge is 2.09. The minimum Gasteiger partial charge on any atom is -0.504 e. The highest BCUT2D eigenvalue weighted by molar-refractivity contribution is 6.32. The van der Waals surface area contributed by atoms with Crippen LogP contribution in [-0.2, 0) is 6.42 Å². The number of phenolic OH excluding ortho intramolecular Hbond substituents is 2. The van der Waals surface area contributed by atoms with Crippen molar-refractivity contribution >= 4 is 11.6 Å². The number of hydrogen-bond acceptors (Lipinski definition) is 3. The fourth-order valence-corrected chi connectivity index (χ4v) is 1.24. The van der Waals surface area contributed by atoms with Crippen molar-refractivity contribution in [3.8, 4) is 11.5 Å². The standard InChI is InChI=1S/C9H12ClNO2/c10-7-4-3-6(2-1-5-11)8(12)9(7)13/h3-4,12-13H,1-2,5,11H2. The third-order valence-corrected chi connectivity index (χ3v) is 2.14. The summed E-state index contributed by atoms with van der Waals surface area (Å²) in [6, 6.07) is 3.25. The molecule has 0 heterocycles. The summed E-state index contributed by atoms with van der Waals surface area (Å²) < 4.78 is 0. The van der Waals surface area contributed by atoms with Crippen molar-refractivity contribution in [1.29, 1.82) is 0 Å². The van der Waals surface area contributed by atoms with Crippen molar-refractivity contribution < 1.29 is 10.2 Å². The van der Waals surface area contributed by atoms with Gasteiger partial charge in [-0.05, 0) is 31.0 Å². The van der Waals surface area contributed by atoms with Crippen molar-refractivity contribution in [2.75, 3.05) is 6.54 Å². The monoisotopic (exact) mass is 201 g/mol. The smallest absolute Gasteiger partial charge is 0.176 e. The van der Waals surface area contributed by atoms with E-state index in [4.69, 9.17) is 17.3 Å². The second-order valence-corrected chi connectivity index (χ2v) is 3.20. The Morgan fingerprint density at radius 2 is 1.92 bits per heavy atom. The molecule has 1 aromatic rings. The second-order valence-electron chi connectivity index (χ2n) is 2.80. The van der Waals surface area contributed by atoms with E-state index in [1.54, 1.807) is 12.1 Å². The first-order chi connectivity index (χ1) is 6.16. The molecule has 0 unspecified atom stereocenters. The molecule has 0 bridgehead atoms. The van der Waals surface area contributed by atoms with Gasteiger partial charge in [0.25, 0.3) is 0 Å². The molecule has 0 amide bonds. The molecule has 4 heteroatoms. The van der Waals surface area contributed by atoms with E-state index in [0.717, 1.165) is 6.42 Å². The first kappa shape index (κ1) is 10.2. The van der Waals surface area contributed by atoms with E-state index in [2.05, 4.69) is 0 Å². The Hall–Kier alpha value is -0.930. The second kappa shape index (κ2) is 4.35. The molecule has 0 aliphatic carbocycles. The number of phenols is 2. The number of benzene rings is 1. The van der Waals surface area contributed by atoms with Crippen LogP contribution in [0.1, 0.15) is 12.0 Å². The van der Waals surface area contributed by atoms with E-state index < -0.39 is 0 Å². The largest absolute Gasteiger partial charge is 0.504 e. The van der Waals surface area contributed by atoms with Crippen LogP contribution in [0, 0.1) is 0 Å². The predicted octanol–water partition coefficient (Wildman–Crippen LogP) is 1.64. The summed E-state index contributed by atoms with van der Waals surface area (Å²) in [6.07, 6.45) is 1.42. The zero-order valence-electron chi connectivity index (χ0n) is 7.13. The van der Waals surface area contributed by atoms with E-state index in [1.165, 1.54) is 0 Å². The van der Waals surface area contributed by atoms with Gasteiger partial charge in [-0.1, -0.05) is 17.7 Å². The molecule has 0 spiro atoms. The van der Waals surface area contributed by atoms with E-state index in [1.807, 2.05) is 0 Å². The fourth-order valence-electron chi connectivity index (χ4n) is 1.09. The van der Waals surface area contributed by atoms with Gasteiger partial charge in [0.1, 0.15) is 0 Å². The van der Waals surface area contributed by atoms with Gasteiger partial charge in [0.2, 0.25) is 0 Å². The number of aryl methyl sites for hydroxylation is 1. The van der Waals surface area contributed by atoms with Crippen molar-refractivity contribution in [3.05, 3.63) is 22.7 Å². The maximum absolute atomic E-state index is 9.43. The number of aromatic hydroxyl groups is 2. The molecule has 0 saturated carbocycles. The molecule has 0 aliphatic heterocycles. The Morgan fingerprint density at radius 1 is 1.23 bits per heavy atom. The summed E-state index contributed by atoms with van der Waals surface area (Å²) in [7, 11) is 0. The molecule has 4 N–H and O–H groups in total. The summed E-state index contributed by atoms with van der Waals surface area (Å²) in [5.41, 5.74) is 6.00. The predicted molar refractivity (Wildman–Crippen MR) is 52.2 cm³/mol. The summed E-state index contributed by atoms with van der Waals surface area (Å²) >= 11 is 5.59. The molecule has 0 aromatic heterocycles. The van der Waals surface area contributed by atoms with Crippen LogP contribution in [0.5, 0.6) is 11.5 Å². The Labute approximate surface area is 81.8 Å². The van der Waals surface area contributed by atoms with Gasteiger partial charge in [0.05, 0.1) is 5.02 Å². The number of hydrogen-bond donors (Lipinski definition) is 3. The fraction of sp³-hybridized carbons (Fsp3) is 0.333. The lowest BCUT2D eigenvalue weighted by atomic mass is 10.1. The zero-order valence-corrected chi connectivity index (χ0v) is 7.88. The highest BCUT2D eigenvalue weighted by atomic mass is 35.5. The summed E-state index contributed by atoms with van der Waals surface area (Å²) in [4.78, 5) is 0. The van der Waals surface area contributed by atoms with Gasteiger partial charge in [-0.15, -0.1) is 0 Å². The van der Waals surface area contributed by atoms with Crippen LogP contribution in [0.25, 0.3) is 0 Å². The molecule has 72 valence electrons. The zero-order chi connectivity index (χ0) is 9.84. The molecule has 0 radical (unpaired) electrons. The Balaban J connectivity index is 2.90. The van der Waals surface area contributed by atoms with Crippen LogP contribution in [-0.4, -0.2) is 16.8 Å². The van der Waals surface area contributed by atoms with Crippen molar-refractivity contribution in [2.24, 2.45) is 5.73 Å². The highest BCUT2D eigenvalue weighted by Crippen LogP contribution is 2.36. The van der Waals surface area contributed by atoms with Crippen molar-refractivity contribution in [3.63, 3.8) is 0 Å². The summed E-state index contributed by atoms with van der Waals surface area (Å²) in [5, 5.41) is 18.9. The van der Waals surface area contributed by atoms with E-state index in [-0.39, 0.29) is 16.5 Å². The topological polar surface area (TPSA) is 66.5 Å². The van der Waals surface area contributed by atoms with E-state index >= 15 is 0 Å². The third-order valence-electron chi connectivity index (χ3n) is 1.84. The molecule has 13 heavy (non-hydrogen) atoms. The van der Waals surface area contributed by atoms with Crippen LogP contribution in [0.2, 0.25) is 5.02 Å². The minimum absolute atomic E-state index is 0.138. The summed E-state index contributed by atoms with van der Waals surface area (Å²) in [5.74, 6) is -0.392. The molecule has 0 aliphatic rings.